The summed E-state index contributed by atoms with van der Waals surface area (Å²) >= 11 is 5.87. The molecule has 0 aliphatic rings. The second-order valence-electron chi connectivity index (χ2n) is 5.22. The number of hydrogen-bond donors (Lipinski definition) is 0. The molecule has 2 heterocycles. The molecule has 0 unspecified atom stereocenters. The number of halogens is 1. The van der Waals surface area contributed by atoms with Crippen LogP contribution in [0.15, 0.2) is 46.9 Å². The zero-order valence-corrected chi connectivity index (χ0v) is 13.1. The number of fused-ring (bicyclic) bond motifs is 1. The van der Waals surface area contributed by atoms with Crippen LogP contribution >= 0.6 is 11.6 Å². The maximum absolute atomic E-state index is 12.5. The van der Waals surface area contributed by atoms with E-state index in [9.17, 15) is 4.79 Å². The van der Waals surface area contributed by atoms with E-state index in [2.05, 4.69) is 4.98 Å². The molecule has 0 bridgehead atoms. The normalized spacial score (nSPS) is 10.9. The summed E-state index contributed by atoms with van der Waals surface area (Å²) in [6.45, 7) is 2.32. The van der Waals surface area contributed by atoms with E-state index in [0.29, 0.717) is 17.3 Å². The lowest BCUT2D eigenvalue weighted by Gasteiger charge is -2.16. The number of carbonyl (C=O) groups is 1. The largest absolute Gasteiger partial charge is 0.464 e. The van der Waals surface area contributed by atoms with Crippen molar-refractivity contribution in [2.24, 2.45) is 0 Å². The lowest BCUT2D eigenvalue weighted by molar-refractivity contribution is 0.0775. The molecule has 0 saturated heterocycles. The Morgan fingerprint density at radius 1 is 1.23 bits per heavy atom. The molecule has 0 atom stereocenters. The zero-order valence-electron chi connectivity index (χ0n) is 12.3. The molecular formula is C17H15ClN2O2. The minimum Gasteiger partial charge on any atom is -0.464 e. The Labute approximate surface area is 133 Å². The van der Waals surface area contributed by atoms with Crippen molar-refractivity contribution in [1.29, 1.82) is 0 Å². The molecule has 112 valence electrons. The van der Waals surface area contributed by atoms with Crippen LogP contribution in [0.3, 0.4) is 0 Å². The molecule has 0 radical (unpaired) electrons. The van der Waals surface area contributed by atoms with E-state index in [1.807, 2.05) is 31.2 Å². The third-order valence-electron chi connectivity index (χ3n) is 3.44. The number of carbonyl (C=O) groups excluding carboxylic acids is 1. The maximum atomic E-state index is 12.5. The predicted molar refractivity (Wildman–Crippen MR) is 86.0 cm³/mol. The maximum Gasteiger partial charge on any atom is 0.254 e. The van der Waals surface area contributed by atoms with Gasteiger partial charge in [0.15, 0.2) is 0 Å². The van der Waals surface area contributed by atoms with Crippen LogP contribution < -0.4 is 0 Å². The summed E-state index contributed by atoms with van der Waals surface area (Å²) < 4.78 is 5.51. The second-order valence-corrected chi connectivity index (χ2v) is 5.60. The molecule has 3 aromatic rings. The van der Waals surface area contributed by atoms with Crippen molar-refractivity contribution in [2.45, 2.75) is 13.5 Å². The van der Waals surface area contributed by atoms with Gasteiger partial charge in [-0.15, -0.1) is 0 Å². The van der Waals surface area contributed by atoms with Gasteiger partial charge in [0.1, 0.15) is 16.7 Å². The summed E-state index contributed by atoms with van der Waals surface area (Å²) in [7, 11) is 1.75. The number of nitrogens with zero attached hydrogens (tertiary/aromatic N) is 2. The van der Waals surface area contributed by atoms with Gasteiger partial charge in [-0.05, 0) is 49.4 Å². The minimum absolute atomic E-state index is 0.0640. The molecule has 2 aromatic heterocycles. The first-order chi connectivity index (χ1) is 10.5. The lowest BCUT2D eigenvalue weighted by atomic mass is 10.1. The Kier molecular flexibility index (Phi) is 3.86. The first-order valence-electron chi connectivity index (χ1n) is 6.90. The van der Waals surface area contributed by atoms with Gasteiger partial charge in [-0.1, -0.05) is 11.6 Å². The van der Waals surface area contributed by atoms with Crippen LogP contribution in [0.4, 0.5) is 0 Å². The highest BCUT2D eigenvalue weighted by atomic mass is 35.5. The number of aromatic nitrogens is 1. The highest BCUT2D eigenvalue weighted by Crippen LogP contribution is 2.18. The van der Waals surface area contributed by atoms with E-state index in [-0.39, 0.29) is 5.91 Å². The number of benzene rings is 1. The van der Waals surface area contributed by atoms with Gasteiger partial charge in [0.2, 0.25) is 0 Å². The van der Waals surface area contributed by atoms with E-state index in [0.717, 1.165) is 22.4 Å². The minimum atomic E-state index is -0.0640. The lowest BCUT2D eigenvalue weighted by Crippen LogP contribution is -2.25. The summed E-state index contributed by atoms with van der Waals surface area (Å²) in [5, 5.41) is 1.33. The monoisotopic (exact) mass is 314 g/mol. The summed E-state index contributed by atoms with van der Waals surface area (Å²) in [6, 6.07) is 12.7. The number of furan rings is 1. The van der Waals surface area contributed by atoms with E-state index in [1.165, 1.54) is 0 Å². The van der Waals surface area contributed by atoms with Crippen LogP contribution in [-0.2, 0) is 6.54 Å². The highest BCUT2D eigenvalue weighted by Gasteiger charge is 2.14. The molecule has 0 aliphatic carbocycles. The fourth-order valence-electron chi connectivity index (χ4n) is 2.33. The predicted octanol–water partition coefficient (Wildman–Crippen LogP) is 4.06. The van der Waals surface area contributed by atoms with Gasteiger partial charge in [-0.3, -0.25) is 4.79 Å². The van der Waals surface area contributed by atoms with Crippen molar-refractivity contribution >= 4 is 28.4 Å². The van der Waals surface area contributed by atoms with Crippen molar-refractivity contribution in [2.75, 3.05) is 7.05 Å². The van der Waals surface area contributed by atoms with Gasteiger partial charge in [-0.2, -0.15) is 0 Å². The van der Waals surface area contributed by atoms with Gasteiger partial charge in [-0.25, -0.2) is 4.98 Å². The molecule has 1 aromatic carbocycles. The van der Waals surface area contributed by atoms with Gasteiger partial charge >= 0.3 is 0 Å². The van der Waals surface area contributed by atoms with Crippen LogP contribution in [0, 0.1) is 6.92 Å². The van der Waals surface area contributed by atoms with E-state index < -0.39 is 0 Å². The molecule has 22 heavy (non-hydrogen) atoms. The third kappa shape index (κ3) is 2.97. The zero-order chi connectivity index (χ0) is 15.7. The number of amides is 1. The molecular weight excluding hydrogens is 300 g/mol. The Bertz CT molecular complexity index is 842. The molecule has 0 spiro atoms. The molecule has 0 fully saturated rings. The Hall–Kier alpha value is -2.33. The van der Waals surface area contributed by atoms with Gasteiger partial charge in [0, 0.05) is 18.0 Å². The van der Waals surface area contributed by atoms with E-state index in [4.69, 9.17) is 16.0 Å². The SMILES string of the molecule is Cc1ccc(CN(C)C(=O)c2ccc3nc(Cl)ccc3c2)o1. The standard InChI is InChI=1S/C17H15ClN2O2/c1-11-3-6-14(22-11)10-20(2)17(21)13-4-7-15-12(9-13)5-8-16(18)19-15/h3-9H,10H2,1-2H3. The third-order valence-corrected chi connectivity index (χ3v) is 3.65. The summed E-state index contributed by atoms with van der Waals surface area (Å²) in [5.41, 5.74) is 1.38. The topological polar surface area (TPSA) is 46.3 Å². The van der Waals surface area contributed by atoms with Gasteiger partial charge in [0.05, 0.1) is 12.1 Å². The van der Waals surface area contributed by atoms with Crippen LogP contribution in [0.25, 0.3) is 10.9 Å². The van der Waals surface area contributed by atoms with E-state index >= 15 is 0 Å². The Morgan fingerprint density at radius 3 is 2.77 bits per heavy atom. The molecule has 0 aliphatic heterocycles. The molecule has 1 amide bonds. The number of rotatable bonds is 3. The van der Waals surface area contributed by atoms with Crippen molar-refractivity contribution < 1.29 is 9.21 Å². The van der Waals surface area contributed by atoms with Gasteiger partial charge < -0.3 is 9.32 Å². The summed E-state index contributed by atoms with van der Waals surface area (Å²) in [5.74, 6) is 1.54. The summed E-state index contributed by atoms with van der Waals surface area (Å²) in [4.78, 5) is 18.3. The Balaban J connectivity index is 1.83. The van der Waals surface area contributed by atoms with Crippen LogP contribution in [-0.4, -0.2) is 22.8 Å². The number of hydrogen-bond acceptors (Lipinski definition) is 3. The first-order valence-corrected chi connectivity index (χ1v) is 7.28. The fourth-order valence-corrected chi connectivity index (χ4v) is 2.48. The molecule has 3 rings (SSSR count). The van der Waals surface area contributed by atoms with Crippen molar-refractivity contribution in [3.8, 4) is 0 Å². The molecule has 0 N–H and O–H groups in total. The Morgan fingerprint density at radius 2 is 2.05 bits per heavy atom. The molecule has 5 heteroatoms. The van der Waals surface area contributed by atoms with Crippen molar-refractivity contribution in [1.82, 2.24) is 9.88 Å². The average molecular weight is 315 g/mol. The highest BCUT2D eigenvalue weighted by molar-refractivity contribution is 6.29. The van der Waals surface area contributed by atoms with Crippen LogP contribution in [0.2, 0.25) is 5.15 Å². The second kappa shape index (κ2) is 5.81. The van der Waals surface area contributed by atoms with Crippen molar-refractivity contribution in [3.05, 3.63) is 64.7 Å². The first kappa shape index (κ1) is 14.6. The molecule has 4 nitrogen and oxygen atoms in total. The smallest absolute Gasteiger partial charge is 0.254 e. The van der Waals surface area contributed by atoms with Crippen LogP contribution in [0.1, 0.15) is 21.9 Å². The van der Waals surface area contributed by atoms with E-state index in [1.54, 1.807) is 30.1 Å². The quantitative estimate of drug-likeness (QED) is 0.685. The summed E-state index contributed by atoms with van der Waals surface area (Å²) in [6.07, 6.45) is 0. The van der Waals surface area contributed by atoms with Gasteiger partial charge in [0.25, 0.3) is 5.91 Å². The average Bonchev–Trinajstić information content (AvgIpc) is 2.91. The molecule has 0 saturated carbocycles. The number of pyridine rings is 1. The van der Waals surface area contributed by atoms with Crippen LogP contribution in [0.5, 0.6) is 0 Å². The number of aryl methyl sites for hydroxylation is 1. The fraction of sp³-hybridized carbons (Fsp3) is 0.176. The van der Waals surface area contributed by atoms with Crippen molar-refractivity contribution in [3.63, 3.8) is 0 Å².